The molecule has 192 valence electrons. The Labute approximate surface area is 218 Å². The minimum atomic E-state index is 0.484. The van der Waals surface area contributed by atoms with E-state index in [4.69, 9.17) is 5.10 Å². The summed E-state index contributed by atoms with van der Waals surface area (Å²) in [6.07, 6.45) is 11.2. The van der Waals surface area contributed by atoms with E-state index < -0.39 is 0 Å². The molecule has 3 saturated heterocycles. The molecule has 3 aliphatic heterocycles. The number of aromatic amines is 1. The molecule has 2 unspecified atom stereocenters. The topological polar surface area (TPSA) is 77.9 Å². The van der Waals surface area contributed by atoms with Gasteiger partial charge < -0.3 is 20.1 Å². The summed E-state index contributed by atoms with van der Waals surface area (Å²) < 4.78 is 2.19. The number of hydrogen-bond acceptors (Lipinski definition) is 6. The van der Waals surface area contributed by atoms with Crippen LogP contribution in [0.5, 0.6) is 0 Å². The van der Waals surface area contributed by atoms with E-state index in [9.17, 15) is 0 Å². The van der Waals surface area contributed by atoms with Crippen LogP contribution in [0.3, 0.4) is 0 Å². The van der Waals surface area contributed by atoms with Gasteiger partial charge in [-0.1, -0.05) is 0 Å². The molecular formula is C29H36N8. The molecule has 0 aliphatic carbocycles. The molecule has 2 bridgehead atoms. The Hall–Kier alpha value is -3.23. The van der Waals surface area contributed by atoms with Crippen molar-refractivity contribution >= 4 is 16.7 Å². The third kappa shape index (κ3) is 4.12. The molecule has 3 aromatic heterocycles. The van der Waals surface area contributed by atoms with Crippen molar-refractivity contribution in [1.29, 1.82) is 0 Å². The largest absolute Gasteiger partial charge is 0.369 e. The van der Waals surface area contributed by atoms with Crippen LogP contribution in [-0.2, 0) is 0 Å². The summed E-state index contributed by atoms with van der Waals surface area (Å²) in [4.78, 5) is 8.25. The quantitative estimate of drug-likeness (QED) is 0.438. The van der Waals surface area contributed by atoms with Crippen LogP contribution in [0.4, 0.5) is 5.69 Å². The van der Waals surface area contributed by atoms with Gasteiger partial charge in [0.2, 0.25) is 0 Å². The Kier molecular flexibility index (Phi) is 5.55. The molecule has 7 rings (SSSR count). The fourth-order valence-corrected chi connectivity index (χ4v) is 6.85. The van der Waals surface area contributed by atoms with Gasteiger partial charge in [0.15, 0.2) is 5.65 Å². The van der Waals surface area contributed by atoms with E-state index in [1.807, 2.05) is 12.4 Å². The number of nitrogens with zero attached hydrogens (tertiary/aromatic N) is 6. The Morgan fingerprint density at radius 2 is 1.62 bits per heavy atom. The number of rotatable bonds is 4. The molecule has 0 spiro atoms. The zero-order valence-corrected chi connectivity index (χ0v) is 22.0. The lowest BCUT2D eigenvalue weighted by Gasteiger charge is -2.36. The first-order chi connectivity index (χ1) is 18.0. The summed E-state index contributed by atoms with van der Waals surface area (Å²) in [5.41, 5.74) is 9.08. The van der Waals surface area contributed by atoms with Crippen LogP contribution in [0, 0.1) is 13.8 Å². The molecule has 3 aliphatic rings. The molecule has 8 nitrogen and oxygen atoms in total. The van der Waals surface area contributed by atoms with Crippen molar-refractivity contribution in [2.75, 3.05) is 38.1 Å². The summed E-state index contributed by atoms with van der Waals surface area (Å²) >= 11 is 0. The predicted molar refractivity (Wildman–Crippen MR) is 148 cm³/mol. The van der Waals surface area contributed by atoms with E-state index >= 15 is 0 Å². The van der Waals surface area contributed by atoms with Gasteiger partial charge in [-0.25, -0.2) is 0 Å². The number of aromatic nitrogens is 5. The van der Waals surface area contributed by atoms with Crippen LogP contribution in [0.2, 0.25) is 0 Å². The van der Waals surface area contributed by atoms with Gasteiger partial charge in [-0.2, -0.15) is 5.10 Å². The van der Waals surface area contributed by atoms with Crippen molar-refractivity contribution in [3.63, 3.8) is 0 Å². The lowest BCUT2D eigenvalue weighted by Crippen LogP contribution is -2.45. The van der Waals surface area contributed by atoms with Crippen LogP contribution in [-0.4, -0.2) is 75.2 Å². The average molecular weight is 497 g/mol. The number of anilines is 1. The molecule has 6 heterocycles. The maximum atomic E-state index is 4.79. The van der Waals surface area contributed by atoms with Gasteiger partial charge in [0.05, 0.1) is 17.9 Å². The van der Waals surface area contributed by atoms with Crippen molar-refractivity contribution in [2.45, 2.75) is 57.7 Å². The first-order valence-corrected chi connectivity index (χ1v) is 13.7. The van der Waals surface area contributed by atoms with Crippen molar-refractivity contribution in [1.82, 2.24) is 35.2 Å². The third-order valence-corrected chi connectivity index (χ3v) is 8.78. The summed E-state index contributed by atoms with van der Waals surface area (Å²) in [6, 6.07) is 8.50. The fraction of sp³-hybridized carbons (Fsp3) is 0.483. The normalized spacial score (nSPS) is 24.3. The highest BCUT2D eigenvalue weighted by molar-refractivity contribution is 5.95. The Morgan fingerprint density at radius 1 is 0.892 bits per heavy atom. The minimum absolute atomic E-state index is 0.484. The molecule has 0 saturated carbocycles. The van der Waals surface area contributed by atoms with E-state index in [1.165, 1.54) is 42.5 Å². The molecule has 2 atom stereocenters. The van der Waals surface area contributed by atoms with Crippen LogP contribution in [0.15, 0.2) is 36.8 Å². The first-order valence-electron chi connectivity index (χ1n) is 13.7. The highest BCUT2D eigenvalue weighted by Crippen LogP contribution is 2.36. The predicted octanol–water partition coefficient (Wildman–Crippen LogP) is 4.31. The first kappa shape index (κ1) is 22.9. The van der Waals surface area contributed by atoms with Crippen molar-refractivity contribution in [3.8, 4) is 22.4 Å². The lowest BCUT2D eigenvalue weighted by molar-refractivity contribution is 0.281. The molecule has 3 fully saturated rings. The van der Waals surface area contributed by atoms with Gasteiger partial charge in [-0.05, 0) is 75.9 Å². The fourth-order valence-electron chi connectivity index (χ4n) is 6.85. The molecule has 0 amide bonds. The third-order valence-electron chi connectivity index (χ3n) is 8.78. The smallest absolute Gasteiger partial charge is 0.160 e. The van der Waals surface area contributed by atoms with Crippen LogP contribution < -0.4 is 10.2 Å². The molecule has 2 N–H and O–H groups in total. The number of H-pyrrole nitrogens is 1. The second-order valence-electron chi connectivity index (χ2n) is 11.4. The lowest BCUT2D eigenvalue weighted by atomic mass is 9.99. The van der Waals surface area contributed by atoms with Gasteiger partial charge in [-0.3, -0.25) is 4.68 Å². The summed E-state index contributed by atoms with van der Waals surface area (Å²) in [5, 5.41) is 18.8. The van der Waals surface area contributed by atoms with Crippen LogP contribution in [0.1, 0.15) is 42.9 Å². The van der Waals surface area contributed by atoms with E-state index in [2.05, 4.69) is 80.3 Å². The SMILES string of the molecule is Cc1cc(-c2cc3c(-c4cnn(C5CC6CCC(C5)N6)c4)c[nH]c3nn2)cc(C)c1N1CCN(C)CC1. The summed E-state index contributed by atoms with van der Waals surface area (Å²) in [6.45, 7) is 8.80. The zero-order chi connectivity index (χ0) is 25.1. The Morgan fingerprint density at radius 3 is 2.35 bits per heavy atom. The highest BCUT2D eigenvalue weighted by Gasteiger charge is 2.34. The number of piperidine rings is 1. The van der Waals surface area contributed by atoms with Crippen molar-refractivity contribution in [3.05, 3.63) is 47.9 Å². The number of aryl methyl sites for hydroxylation is 2. The molecule has 8 heteroatoms. The molecule has 1 aromatic carbocycles. The van der Waals surface area contributed by atoms with E-state index in [1.54, 1.807) is 0 Å². The number of likely N-dealkylation sites (N-methyl/N-ethyl adjacent to an activating group) is 1. The number of benzene rings is 1. The Bertz CT molecular complexity index is 1410. The molecule has 37 heavy (non-hydrogen) atoms. The Balaban J connectivity index is 1.19. The van der Waals surface area contributed by atoms with Crippen molar-refractivity contribution < 1.29 is 0 Å². The number of hydrogen-bond donors (Lipinski definition) is 2. The van der Waals surface area contributed by atoms with Gasteiger partial charge >= 0.3 is 0 Å². The van der Waals surface area contributed by atoms with E-state index in [-0.39, 0.29) is 0 Å². The molecule has 4 aromatic rings. The zero-order valence-electron chi connectivity index (χ0n) is 22.0. The van der Waals surface area contributed by atoms with Crippen LogP contribution in [0.25, 0.3) is 33.4 Å². The number of piperazine rings is 1. The van der Waals surface area contributed by atoms with Gasteiger partial charge in [0, 0.05) is 78.4 Å². The van der Waals surface area contributed by atoms with E-state index in [0.717, 1.165) is 59.6 Å². The monoisotopic (exact) mass is 496 g/mol. The standard InChI is InChI=1S/C29H36N8/c1-18-10-20(11-19(2)28(18)36-8-6-35(3)7-9-36)27-14-25-26(16-30-29(25)34-33-27)21-15-31-37(17-21)24-12-22-4-5-23(13-24)32-22/h10-11,14-17,22-24,32H,4-9,12-13H2,1-3H3,(H,30,34). The van der Waals surface area contributed by atoms with Gasteiger partial charge in [-0.15, -0.1) is 10.2 Å². The number of nitrogens with one attached hydrogen (secondary N) is 2. The maximum Gasteiger partial charge on any atom is 0.160 e. The highest BCUT2D eigenvalue weighted by atomic mass is 15.3. The minimum Gasteiger partial charge on any atom is -0.369 e. The number of fused-ring (bicyclic) bond motifs is 3. The van der Waals surface area contributed by atoms with Gasteiger partial charge in [0.1, 0.15) is 0 Å². The maximum absolute atomic E-state index is 4.79. The van der Waals surface area contributed by atoms with Crippen LogP contribution >= 0.6 is 0 Å². The summed E-state index contributed by atoms with van der Waals surface area (Å²) in [7, 11) is 2.20. The average Bonchev–Trinajstić information content (AvgIpc) is 3.62. The molecular weight excluding hydrogens is 460 g/mol. The van der Waals surface area contributed by atoms with E-state index in [0.29, 0.717) is 18.1 Å². The second kappa shape index (κ2) is 8.96. The molecule has 0 radical (unpaired) electrons. The van der Waals surface area contributed by atoms with Crippen molar-refractivity contribution in [2.24, 2.45) is 0 Å². The van der Waals surface area contributed by atoms with Gasteiger partial charge in [0.25, 0.3) is 0 Å². The summed E-state index contributed by atoms with van der Waals surface area (Å²) in [5.74, 6) is 0. The second-order valence-corrected chi connectivity index (χ2v) is 11.4.